The number of carbonyl (C=O) groups is 3. The Kier molecular flexibility index (Phi) is 4.27. The Morgan fingerprint density at radius 1 is 1.30 bits per heavy atom. The largest absolute Gasteiger partial charge is 0.392 e. The van der Waals surface area contributed by atoms with Gasteiger partial charge in [-0.15, -0.1) is 11.8 Å². The van der Waals surface area contributed by atoms with Gasteiger partial charge in [-0.2, -0.15) is 10.1 Å². The third kappa shape index (κ3) is 3.04. The van der Waals surface area contributed by atoms with Crippen LogP contribution in [0.15, 0.2) is 35.4 Å². The van der Waals surface area contributed by atoms with Gasteiger partial charge < -0.3 is 4.74 Å². The van der Waals surface area contributed by atoms with E-state index in [0.717, 1.165) is 11.8 Å². The fraction of sp³-hybridized carbons (Fsp3) is 0.267. The van der Waals surface area contributed by atoms with Crippen LogP contribution in [0.5, 0.6) is 0 Å². The van der Waals surface area contributed by atoms with Crippen LogP contribution in [0.25, 0.3) is 0 Å². The van der Waals surface area contributed by atoms with E-state index in [-0.39, 0.29) is 12.3 Å². The fourth-order valence-corrected chi connectivity index (χ4v) is 4.02. The average Bonchev–Trinajstić information content (AvgIpc) is 2.98. The SMILES string of the molecule is CC1=NN(c2ccccc2)C(=O)[C@H]1C(=S)S[C@@H]1CC(=O)OC1=O. The second kappa shape index (κ2) is 6.21. The predicted octanol–water partition coefficient (Wildman–Crippen LogP) is 1.93. The van der Waals surface area contributed by atoms with Gasteiger partial charge in [-0.1, -0.05) is 30.4 Å². The molecular formula is C15H12N2O4S2. The van der Waals surface area contributed by atoms with Crippen molar-refractivity contribution in [1.82, 2.24) is 0 Å². The zero-order chi connectivity index (χ0) is 16.6. The molecule has 0 unspecified atom stereocenters. The summed E-state index contributed by atoms with van der Waals surface area (Å²) in [6.07, 6.45) is -0.0247. The minimum Gasteiger partial charge on any atom is -0.392 e. The molecule has 0 spiro atoms. The van der Waals surface area contributed by atoms with Gasteiger partial charge in [-0.25, -0.2) is 0 Å². The van der Waals surface area contributed by atoms with Crippen LogP contribution in [0.2, 0.25) is 0 Å². The molecule has 3 rings (SSSR count). The Morgan fingerprint density at radius 3 is 2.61 bits per heavy atom. The molecule has 1 aromatic carbocycles. The van der Waals surface area contributed by atoms with Gasteiger partial charge in [-0.05, 0) is 19.1 Å². The number of anilines is 1. The predicted molar refractivity (Wildman–Crippen MR) is 90.2 cm³/mol. The minimum absolute atomic E-state index is 0.0247. The van der Waals surface area contributed by atoms with Gasteiger partial charge in [-0.3, -0.25) is 14.4 Å². The molecule has 1 aromatic rings. The summed E-state index contributed by atoms with van der Waals surface area (Å²) < 4.78 is 4.82. The second-order valence-corrected chi connectivity index (χ2v) is 7.03. The molecule has 118 valence electrons. The van der Waals surface area contributed by atoms with E-state index in [4.69, 9.17) is 12.2 Å². The van der Waals surface area contributed by atoms with Crippen LogP contribution >= 0.6 is 24.0 Å². The van der Waals surface area contributed by atoms with Crippen molar-refractivity contribution in [1.29, 1.82) is 0 Å². The summed E-state index contributed by atoms with van der Waals surface area (Å²) in [5, 5.41) is 4.90. The zero-order valence-electron chi connectivity index (χ0n) is 12.1. The summed E-state index contributed by atoms with van der Waals surface area (Å²) in [6.45, 7) is 1.72. The molecular weight excluding hydrogens is 336 g/mol. The highest BCUT2D eigenvalue weighted by Crippen LogP contribution is 2.32. The Labute approximate surface area is 141 Å². The smallest absolute Gasteiger partial charge is 0.327 e. The molecule has 1 saturated heterocycles. The molecule has 2 heterocycles. The van der Waals surface area contributed by atoms with E-state index < -0.39 is 23.1 Å². The number of nitrogens with zero attached hydrogens (tertiary/aromatic N) is 2. The van der Waals surface area contributed by atoms with Crippen molar-refractivity contribution >= 4 is 57.4 Å². The topological polar surface area (TPSA) is 76.0 Å². The van der Waals surface area contributed by atoms with Crippen LogP contribution in [-0.4, -0.2) is 33.0 Å². The normalized spacial score (nSPS) is 24.0. The minimum atomic E-state index is -0.682. The van der Waals surface area contributed by atoms with Crippen molar-refractivity contribution in [3.05, 3.63) is 30.3 Å². The lowest BCUT2D eigenvalue weighted by atomic mass is 10.1. The lowest BCUT2D eigenvalue weighted by Gasteiger charge is -2.15. The quantitative estimate of drug-likeness (QED) is 0.472. The standard InChI is InChI=1S/C15H12N2O4S2/c1-8-12(15(22)23-10-7-11(18)21-14(10)20)13(19)17(16-8)9-5-3-2-4-6-9/h2-6,10,12H,7H2,1H3/t10-,12+/m1/s1. The number of amides is 1. The Balaban J connectivity index is 1.75. The molecule has 0 bridgehead atoms. The molecule has 0 N–H and O–H groups in total. The van der Waals surface area contributed by atoms with E-state index in [1.165, 1.54) is 5.01 Å². The number of para-hydroxylation sites is 1. The van der Waals surface area contributed by atoms with Crippen LogP contribution in [0.1, 0.15) is 13.3 Å². The van der Waals surface area contributed by atoms with E-state index in [1.54, 1.807) is 19.1 Å². The van der Waals surface area contributed by atoms with Crippen molar-refractivity contribution in [2.45, 2.75) is 18.6 Å². The molecule has 6 nitrogen and oxygen atoms in total. The van der Waals surface area contributed by atoms with Crippen LogP contribution in [0.3, 0.4) is 0 Å². The van der Waals surface area contributed by atoms with Gasteiger partial charge >= 0.3 is 11.9 Å². The first-order valence-electron chi connectivity index (χ1n) is 6.86. The van der Waals surface area contributed by atoms with Crippen LogP contribution < -0.4 is 5.01 Å². The first-order chi connectivity index (χ1) is 11.0. The lowest BCUT2D eigenvalue weighted by Crippen LogP contribution is -2.31. The van der Waals surface area contributed by atoms with E-state index in [1.807, 2.05) is 18.2 Å². The van der Waals surface area contributed by atoms with E-state index in [0.29, 0.717) is 15.6 Å². The highest BCUT2D eigenvalue weighted by molar-refractivity contribution is 8.24. The Bertz CT molecular complexity index is 732. The van der Waals surface area contributed by atoms with Gasteiger partial charge in [0.2, 0.25) is 0 Å². The Morgan fingerprint density at radius 2 is 2.00 bits per heavy atom. The third-order valence-electron chi connectivity index (χ3n) is 3.46. The lowest BCUT2D eigenvalue weighted by molar-refractivity contribution is -0.151. The summed E-state index contributed by atoms with van der Waals surface area (Å²) in [5.74, 6) is -2.12. The second-order valence-electron chi connectivity index (χ2n) is 5.08. The average molecular weight is 348 g/mol. The fourth-order valence-electron chi connectivity index (χ4n) is 2.34. The molecule has 8 heteroatoms. The number of carbonyl (C=O) groups excluding carboxylic acids is 3. The maximum atomic E-state index is 12.6. The molecule has 1 amide bonds. The molecule has 1 fully saturated rings. The third-order valence-corrected chi connectivity index (χ3v) is 5.09. The maximum Gasteiger partial charge on any atom is 0.327 e. The van der Waals surface area contributed by atoms with Gasteiger partial charge in [0.25, 0.3) is 5.91 Å². The van der Waals surface area contributed by atoms with Crippen LogP contribution in [0, 0.1) is 5.92 Å². The molecule has 0 saturated carbocycles. The van der Waals surface area contributed by atoms with E-state index in [9.17, 15) is 14.4 Å². The van der Waals surface area contributed by atoms with Crippen molar-refractivity contribution in [2.24, 2.45) is 11.0 Å². The Hall–Kier alpha value is -2.06. The van der Waals surface area contributed by atoms with Crippen molar-refractivity contribution in [3.63, 3.8) is 0 Å². The summed E-state index contributed by atoms with van der Waals surface area (Å²) in [5.41, 5.74) is 1.22. The van der Waals surface area contributed by atoms with Crippen LogP contribution in [0.4, 0.5) is 5.69 Å². The number of ether oxygens (including phenoxy) is 1. The number of thiocarbonyl (C=S) groups is 1. The highest BCUT2D eigenvalue weighted by Gasteiger charge is 2.41. The summed E-state index contributed by atoms with van der Waals surface area (Å²) in [7, 11) is 0. The number of benzene rings is 1. The van der Waals surface area contributed by atoms with E-state index >= 15 is 0 Å². The van der Waals surface area contributed by atoms with Crippen molar-refractivity contribution in [2.75, 3.05) is 5.01 Å². The van der Waals surface area contributed by atoms with Crippen LogP contribution in [-0.2, 0) is 19.1 Å². The monoisotopic (exact) mass is 348 g/mol. The van der Waals surface area contributed by atoms with Crippen molar-refractivity contribution < 1.29 is 19.1 Å². The molecule has 23 heavy (non-hydrogen) atoms. The van der Waals surface area contributed by atoms with Gasteiger partial charge in [0.15, 0.2) is 0 Å². The summed E-state index contributed by atoms with van der Waals surface area (Å²) in [4.78, 5) is 35.3. The maximum absolute atomic E-state index is 12.6. The number of hydrogen-bond donors (Lipinski definition) is 0. The molecule has 2 aliphatic heterocycles. The number of hydrazone groups is 1. The van der Waals surface area contributed by atoms with Gasteiger partial charge in [0, 0.05) is 0 Å². The van der Waals surface area contributed by atoms with Gasteiger partial charge in [0.05, 0.1) is 22.0 Å². The number of cyclic esters (lactones) is 2. The zero-order valence-corrected chi connectivity index (χ0v) is 13.7. The summed E-state index contributed by atoms with van der Waals surface area (Å²) in [6, 6.07) is 9.03. The van der Waals surface area contributed by atoms with E-state index in [2.05, 4.69) is 9.84 Å². The first kappa shape index (κ1) is 15.8. The molecule has 0 radical (unpaired) electrons. The highest BCUT2D eigenvalue weighted by atomic mass is 32.2. The number of hydrogen-bond acceptors (Lipinski definition) is 7. The molecule has 2 aliphatic rings. The molecule has 2 atom stereocenters. The number of esters is 2. The summed E-state index contributed by atoms with van der Waals surface area (Å²) >= 11 is 6.34. The number of rotatable bonds is 3. The molecule has 0 aromatic heterocycles. The first-order valence-corrected chi connectivity index (χ1v) is 8.15. The van der Waals surface area contributed by atoms with Gasteiger partial charge in [0.1, 0.15) is 11.2 Å². The van der Waals surface area contributed by atoms with Crippen molar-refractivity contribution in [3.8, 4) is 0 Å². The number of thioether (sulfide) groups is 1. The molecule has 0 aliphatic carbocycles.